The van der Waals surface area contributed by atoms with Gasteiger partial charge in [0.1, 0.15) is 0 Å². The molecule has 1 aliphatic heterocycles. The molecule has 0 radical (unpaired) electrons. The van der Waals surface area contributed by atoms with Crippen molar-refractivity contribution < 1.29 is 0 Å². The van der Waals surface area contributed by atoms with Gasteiger partial charge in [0, 0.05) is 19.1 Å². The molecule has 0 aromatic heterocycles. The lowest BCUT2D eigenvalue weighted by Gasteiger charge is -2.20. The summed E-state index contributed by atoms with van der Waals surface area (Å²) in [6, 6.07) is 9.65. The van der Waals surface area contributed by atoms with Gasteiger partial charge in [0.25, 0.3) is 0 Å². The second-order valence-electron chi connectivity index (χ2n) is 6.46. The summed E-state index contributed by atoms with van der Waals surface area (Å²) in [4.78, 5) is 2.66. The number of nitrogens with zero attached hydrogens (tertiary/aromatic N) is 1. The number of nitrogens with one attached hydrogen (secondary N) is 1. The molecule has 0 aliphatic carbocycles. The number of fused-ring (bicyclic) bond motifs is 1. The van der Waals surface area contributed by atoms with Crippen molar-refractivity contribution in [1.29, 1.82) is 0 Å². The Kier molecular flexibility index (Phi) is 7.25. The first-order chi connectivity index (χ1) is 10.3. The van der Waals surface area contributed by atoms with Gasteiger partial charge in [0.2, 0.25) is 0 Å². The molecule has 0 saturated carbocycles. The summed E-state index contributed by atoms with van der Waals surface area (Å²) in [7, 11) is 0. The van der Waals surface area contributed by atoms with Gasteiger partial charge in [0.05, 0.1) is 0 Å². The molecule has 1 heterocycles. The van der Waals surface area contributed by atoms with Crippen LogP contribution in [0.4, 0.5) is 0 Å². The highest BCUT2D eigenvalue weighted by atomic mass is 15.1. The van der Waals surface area contributed by atoms with Crippen LogP contribution in [0.2, 0.25) is 0 Å². The predicted molar refractivity (Wildman–Crippen MR) is 91.9 cm³/mol. The van der Waals surface area contributed by atoms with Crippen LogP contribution in [-0.2, 0) is 12.8 Å². The van der Waals surface area contributed by atoms with Crippen LogP contribution in [-0.4, -0.2) is 37.1 Å². The molecule has 1 aromatic carbocycles. The average molecular weight is 288 g/mol. The molecule has 1 aromatic rings. The normalized spacial score (nSPS) is 17.2. The molecule has 2 heteroatoms. The fraction of sp³-hybridized carbons (Fsp3) is 0.684. The van der Waals surface area contributed by atoms with Crippen molar-refractivity contribution in [1.82, 2.24) is 10.2 Å². The highest BCUT2D eigenvalue weighted by Gasteiger charge is 2.12. The predicted octanol–water partition coefficient (Wildman–Crippen LogP) is 3.65. The van der Waals surface area contributed by atoms with Crippen LogP contribution < -0.4 is 5.32 Å². The fourth-order valence-corrected chi connectivity index (χ4v) is 3.22. The van der Waals surface area contributed by atoms with E-state index in [1.165, 1.54) is 58.2 Å². The maximum Gasteiger partial charge on any atom is 0.00387 e. The Labute approximate surface area is 130 Å². The SMILES string of the molecule is CCCNC(C)CCCCN1CCc2ccccc2CC1. The van der Waals surface area contributed by atoms with Gasteiger partial charge < -0.3 is 10.2 Å². The van der Waals surface area contributed by atoms with E-state index in [2.05, 4.69) is 48.3 Å². The highest BCUT2D eigenvalue weighted by Crippen LogP contribution is 2.16. The Hall–Kier alpha value is -0.860. The molecule has 2 rings (SSSR count). The van der Waals surface area contributed by atoms with Crippen molar-refractivity contribution >= 4 is 0 Å². The van der Waals surface area contributed by atoms with Gasteiger partial charge in [-0.05, 0) is 63.2 Å². The summed E-state index contributed by atoms with van der Waals surface area (Å²) in [5, 5.41) is 3.58. The zero-order chi connectivity index (χ0) is 14.9. The summed E-state index contributed by atoms with van der Waals surface area (Å²) in [6.07, 6.45) is 7.69. The van der Waals surface area contributed by atoms with Crippen LogP contribution in [0.3, 0.4) is 0 Å². The molecule has 0 bridgehead atoms. The van der Waals surface area contributed by atoms with Crippen molar-refractivity contribution in [3.63, 3.8) is 0 Å². The molecule has 2 nitrogen and oxygen atoms in total. The van der Waals surface area contributed by atoms with Crippen molar-refractivity contribution in [3.05, 3.63) is 35.4 Å². The van der Waals surface area contributed by atoms with E-state index in [4.69, 9.17) is 0 Å². The second-order valence-corrected chi connectivity index (χ2v) is 6.46. The summed E-state index contributed by atoms with van der Waals surface area (Å²) in [5.41, 5.74) is 3.13. The van der Waals surface area contributed by atoms with Gasteiger partial charge in [-0.3, -0.25) is 0 Å². The van der Waals surface area contributed by atoms with E-state index in [0.29, 0.717) is 6.04 Å². The van der Waals surface area contributed by atoms with Crippen molar-refractivity contribution in [3.8, 4) is 0 Å². The maximum atomic E-state index is 3.58. The topological polar surface area (TPSA) is 15.3 Å². The maximum absolute atomic E-state index is 3.58. The summed E-state index contributed by atoms with van der Waals surface area (Å²) in [5.74, 6) is 0. The van der Waals surface area contributed by atoms with Crippen molar-refractivity contribution in [2.45, 2.75) is 58.4 Å². The highest BCUT2D eigenvalue weighted by molar-refractivity contribution is 5.28. The van der Waals surface area contributed by atoms with Gasteiger partial charge in [-0.1, -0.05) is 37.6 Å². The molecule has 1 aliphatic rings. The van der Waals surface area contributed by atoms with E-state index in [1.54, 1.807) is 11.1 Å². The molecule has 1 atom stereocenters. The second kappa shape index (κ2) is 9.22. The molecule has 0 spiro atoms. The molecule has 0 fully saturated rings. The van der Waals surface area contributed by atoms with Gasteiger partial charge in [-0.25, -0.2) is 0 Å². The van der Waals surface area contributed by atoms with E-state index in [1.807, 2.05) is 0 Å². The minimum Gasteiger partial charge on any atom is -0.314 e. The Morgan fingerprint density at radius 2 is 1.76 bits per heavy atom. The van der Waals surface area contributed by atoms with E-state index in [-0.39, 0.29) is 0 Å². The third-order valence-electron chi connectivity index (χ3n) is 4.62. The van der Waals surface area contributed by atoms with Crippen molar-refractivity contribution in [2.24, 2.45) is 0 Å². The molecule has 0 amide bonds. The number of hydrogen-bond donors (Lipinski definition) is 1. The first-order valence-electron chi connectivity index (χ1n) is 8.82. The lowest BCUT2D eigenvalue weighted by atomic mass is 10.0. The van der Waals surface area contributed by atoms with Gasteiger partial charge in [-0.2, -0.15) is 0 Å². The molecule has 21 heavy (non-hydrogen) atoms. The minimum absolute atomic E-state index is 0.679. The smallest absolute Gasteiger partial charge is 0.00387 e. The molecule has 0 saturated heterocycles. The zero-order valence-corrected chi connectivity index (χ0v) is 13.9. The minimum atomic E-state index is 0.679. The van der Waals surface area contributed by atoms with E-state index >= 15 is 0 Å². The van der Waals surface area contributed by atoms with Gasteiger partial charge in [-0.15, -0.1) is 0 Å². The van der Waals surface area contributed by atoms with Crippen LogP contribution in [0.15, 0.2) is 24.3 Å². The summed E-state index contributed by atoms with van der Waals surface area (Å²) < 4.78 is 0. The van der Waals surface area contributed by atoms with Gasteiger partial charge in [0.15, 0.2) is 0 Å². The quantitative estimate of drug-likeness (QED) is 0.735. The Morgan fingerprint density at radius 3 is 2.38 bits per heavy atom. The largest absolute Gasteiger partial charge is 0.314 e. The van der Waals surface area contributed by atoms with E-state index in [9.17, 15) is 0 Å². The average Bonchev–Trinajstić information content (AvgIpc) is 2.72. The number of rotatable bonds is 8. The van der Waals surface area contributed by atoms with Gasteiger partial charge >= 0.3 is 0 Å². The lowest BCUT2D eigenvalue weighted by molar-refractivity contribution is 0.278. The molecular formula is C19H32N2. The number of benzene rings is 1. The third-order valence-corrected chi connectivity index (χ3v) is 4.62. The Morgan fingerprint density at radius 1 is 1.10 bits per heavy atom. The molecule has 1 unspecified atom stereocenters. The molecular weight excluding hydrogens is 256 g/mol. The van der Waals surface area contributed by atoms with Crippen LogP contribution in [0.5, 0.6) is 0 Å². The van der Waals surface area contributed by atoms with Crippen LogP contribution in [0, 0.1) is 0 Å². The standard InChI is InChI=1S/C19H32N2/c1-3-13-20-17(2)8-6-7-14-21-15-11-18-9-4-5-10-19(18)12-16-21/h4-5,9-10,17,20H,3,6-8,11-16H2,1-2H3. The third kappa shape index (κ3) is 5.80. The van der Waals surface area contributed by atoms with E-state index < -0.39 is 0 Å². The van der Waals surface area contributed by atoms with Crippen LogP contribution in [0.25, 0.3) is 0 Å². The Balaban J connectivity index is 1.62. The summed E-state index contributed by atoms with van der Waals surface area (Å²) in [6.45, 7) is 9.46. The van der Waals surface area contributed by atoms with Crippen molar-refractivity contribution in [2.75, 3.05) is 26.2 Å². The number of unbranched alkanes of at least 4 members (excludes halogenated alkanes) is 1. The fourth-order valence-electron chi connectivity index (χ4n) is 3.22. The monoisotopic (exact) mass is 288 g/mol. The number of hydrogen-bond acceptors (Lipinski definition) is 2. The van der Waals surface area contributed by atoms with E-state index in [0.717, 1.165) is 6.54 Å². The molecule has 1 N–H and O–H groups in total. The first-order valence-corrected chi connectivity index (χ1v) is 8.82. The first kappa shape index (κ1) is 16.5. The van der Waals surface area contributed by atoms with Crippen LogP contribution >= 0.6 is 0 Å². The molecule has 118 valence electrons. The lowest BCUT2D eigenvalue weighted by Crippen LogP contribution is -2.29. The summed E-state index contributed by atoms with van der Waals surface area (Å²) >= 11 is 0. The Bertz CT molecular complexity index is 375. The zero-order valence-electron chi connectivity index (χ0n) is 13.9. The van der Waals surface area contributed by atoms with Crippen LogP contribution in [0.1, 0.15) is 50.7 Å².